The second-order valence-electron chi connectivity index (χ2n) is 7.74. The van der Waals surface area contributed by atoms with Crippen LogP contribution in [-0.2, 0) is 12.8 Å². The van der Waals surface area contributed by atoms with Gasteiger partial charge in [-0.1, -0.05) is 35.5 Å². The molecule has 1 aliphatic rings. The van der Waals surface area contributed by atoms with Crippen LogP contribution in [0.4, 0.5) is 0 Å². The van der Waals surface area contributed by atoms with Gasteiger partial charge in [0.2, 0.25) is 0 Å². The highest BCUT2D eigenvalue weighted by atomic mass is 32.2. The lowest BCUT2D eigenvalue weighted by Crippen LogP contribution is -2.12. The summed E-state index contributed by atoms with van der Waals surface area (Å²) in [5.74, 6) is -0.386. The summed E-state index contributed by atoms with van der Waals surface area (Å²) in [6.45, 7) is 2.11. The normalized spacial score (nSPS) is 15.7. The quantitative estimate of drug-likeness (QED) is 0.525. The van der Waals surface area contributed by atoms with E-state index >= 15 is 0 Å². The number of nitrogens with zero attached hydrogens (tertiary/aromatic N) is 1. The van der Waals surface area contributed by atoms with Crippen molar-refractivity contribution in [3.8, 4) is 0 Å². The van der Waals surface area contributed by atoms with Crippen LogP contribution in [0, 0.1) is 6.92 Å². The molecule has 1 unspecified atom stereocenters. The fourth-order valence-corrected chi connectivity index (χ4v) is 5.04. The van der Waals surface area contributed by atoms with E-state index in [-0.39, 0.29) is 0 Å². The molecule has 0 radical (unpaired) electrons. The Bertz CT molecular complexity index is 1010. The molecule has 0 aliphatic heterocycles. The van der Waals surface area contributed by atoms with E-state index in [1.807, 2.05) is 11.8 Å². The smallest absolute Gasteiger partial charge is 0.336 e. The number of carboxylic acids is 1. The molecule has 0 bridgehead atoms. The summed E-state index contributed by atoms with van der Waals surface area (Å²) in [6, 6.07) is 17.1. The third-order valence-corrected chi connectivity index (χ3v) is 6.70. The Morgan fingerprint density at radius 3 is 2.72 bits per heavy atom. The first-order valence-corrected chi connectivity index (χ1v) is 11.0. The van der Waals surface area contributed by atoms with E-state index in [1.165, 1.54) is 39.3 Å². The van der Waals surface area contributed by atoms with Gasteiger partial charge in [0.25, 0.3) is 0 Å². The van der Waals surface area contributed by atoms with Gasteiger partial charge in [0.1, 0.15) is 0 Å². The Balaban J connectivity index is 1.48. The number of fused-ring (bicyclic) bond motifs is 1. The Morgan fingerprint density at radius 1 is 1.14 bits per heavy atom. The summed E-state index contributed by atoms with van der Waals surface area (Å²) in [5.41, 5.74) is 5.37. The molecule has 0 amide bonds. The molecule has 4 rings (SSSR count). The molecule has 0 saturated heterocycles. The monoisotopic (exact) mass is 403 g/mol. The number of pyridine rings is 1. The predicted octanol–water partition coefficient (Wildman–Crippen LogP) is 6.29. The third-order valence-electron chi connectivity index (χ3n) is 5.71. The average Bonchev–Trinajstić information content (AvgIpc) is 2.74. The highest BCUT2D eigenvalue weighted by Gasteiger charge is 2.21. The lowest BCUT2D eigenvalue weighted by atomic mass is 9.80. The topological polar surface area (TPSA) is 50.2 Å². The number of aryl methyl sites for hydroxylation is 3. The lowest BCUT2D eigenvalue weighted by Gasteiger charge is -2.26. The number of aromatic nitrogens is 1. The van der Waals surface area contributed by atoms with Crippen molar-refractivity contribution in [2.75, 3.05) is 0 Å². The van der Waals surface area contributed by atoms with E-state index in [2.05, 4.69) is 54.4 Å². The number of benzene rings is 2. The maximum Gasteiger partial charge on any atom is 0.336 e. The number of hydrogen-bond donors (Lipinski definition) is 1. The van der Waals surface area contributed by atoms with E-state index in [0.29, 0.717) is 11.5 Å². The van der Waals surface area contributed by atoms with Crippen LogP contribution in [0.15, 0.2) is 70.7 Å². The van der Waals surface area contributed by atoms with Crippen molar-refractivity contribution < 1.29 is 9.90 Å². The molecule has 3 nitrogen and oxygen atoms in total. The van der Waals surface area contributed by atoms with Crippen LogP contribution < -0.4 is 0 Å². The van der Waals surface area contributed by atoms with Gasteiger partial charge in [-0.2, -0.15) is 0 Å². The van der Waals surface area contributed by atoms with E-state index in [9.17, 15) is 9.90 Å². The zero-order chi connectivity index (χ0) is 20.2. The van der Waals surface area contributed by atoms with Crippen LogP contribution in [0.1, 0.15) is 57.8 Å². The predicted molar refractivity (Wildman–Crippen MR) is 117 cm³/mol. The second kappa shape index (κ2) is 8.83. The SMILES string of the molecule is Cc1ccc(Sc2ccc3c(c2)CCCC3CCc2cnccc2C(=O)O)cc1. The first kappa shape index (κ1) is 19.7. The zero-order valence-corrected chi connectivity index (χ0v) is 17.4. The molecular formula is C25H25NO2S. The molecule has 0 fully saturated rings. The zero-order valence-electron chi connectivity index (χ0n) is 16.6. The van der Waals surface area contributed by atoms with E-state index in [4.69, 9.17) is 0 Å². The summed E-state index contributed by atoms with van der Waals surface area (Å²) >= 11 is 1.81. The van der Waals surface area contributed by atoms with Crippen LogP contribution in [-0.4, -0.2) is 16.1 Å². The lowest BCUT2D eigenvalue weighted by molar-refractivity contribution is 0.0695. The van der Waals surface area contributed by atoms with Crippen molar-refractivity contribution in [1.82, 2.24) is 4.98 Å². The third kappa shape index (κ3) is 4.70. The van der Waals surface area contributed by atoms with Crippen LogP contribution in [0.2, 0.25) is 0 Å². The van der Waals surface area contributed by atoms with Gasteiger partial charge in [-0.25, -0.2) is 4.79 Å². The van der Waals surface area contributed by atoms with Gasteiger partial charge in [0.15, 0.2) is 0 Å². The van der Waals surface area contributed by atoms with Gasteiger partial charge in [-0.3, -0.25) is 4.98 Å². The average molecular weight is 404 g/mol. The molecule has 1 heterocycles. The van der Waals surface area contributed by atoms with Gasteiger partial charge in [0.05, 0.1) is 5.56 Å². The van der Waals surface area contributed by atoms with Gasteiger partial charge < -0.3 is 5.11 Å². The molecule has 4 heteroatoms. The van der Waals surface area contributed by atoms with Crippen molar-refractivity contribution in [3.05, 3.63) is 88.7 Å². The molecule has 3 aromatic rings. The molecule has 1 aliphatic carbocycles. The molecular weight excluding hydrogens is 378 g/mol. The Labute approximate surface area is 176 Å². The molecule has 1 N–H and O–H groups in total. The van der Waals surface area contributed by atoms with Crippen LogP contribution in [0.5, 0.6) is 0 Å². The first-order chi connectivity index (χ1) is 14.1. The molecule has 1 aromatic heterocycles. The minimum atomic E-state index is -0.871. The van der Waals surface area contributed by atoms with Gasteiger partial charge in [-0.05, 0) is 92.0 Å². The van der Waals surface area contributed by atoms with E-state index in [0.717, 1.165) is 24.8 Å². The van der Waals surface area contributed by atoms with Gasteiger partial charge >= 0.3 is 5.97 Å². The fourth-order valence-electron chi connectivity index (χ4n) is 4.16. The molecule has 2 aromatic carbocycles. The largest absolute Gasteiger partial charge is 0.478 e. The van der Waals surface area contributed by atoms with E-state index in [1.54, 1.807) is 18.5 Å². The fraction of sp³-hybridized carbons (Fsp3) is 0.280. The summed E-state index contributed by atoms with van der Waals surface area (Å²) in [4.78, 5) is 18.1. The van der Waals surface area contributed by atoms with Crippen LogP contribution in [0.25, 0.3) is 0 Å². The molecule has 0 saturated carbocycles. The highest BCUT2D eigenvalue weighted by Crippen LogP contribution is 2.38. The minimum absolute atomic E-state index is 0.376. The number of carbonyl (C=O) groups is 1. The summed E-state index contributed by atoms with van der Waals surface area (Å²) in [7, 11) is 0. The summed E-state index contributed by atoms with van der Waals surface area (Å²) < 4.78 is 0. The van der Waals surface area contributed by atoms with Crippen molar-refractivity contribution in [2.24, 2.45) is 0 Å². The standard InChI is InChI=1S/C25H25NO2S/c1-17-5-9-21(10-6-17)29-22-11-12-23-18(3-2-4-19(23)15-22)7-8-20-16-26-14-13-24(20)25(27)28/h5-6,9-16,18H,2-4,7-8H2,1H3,(H,27,28). The highest BCUT2D eigenvalue weighted by molar-refractivity contribution is 7.99. The van der Waals surface area contributed by atoms with Crippen molar-refractivity contribution >= 4 is 17.7 Å². The van der Waals surface area contributed by atoms with Crippen molar-refractivity contribution in [1.29, 1.82) is 0 Å². The Kier molecular flexibility index (Phi) is 6.00. The van der Waals surface area contributed by atoms with Crippen LogP contribution >= 0.6 is 11.8 Å². The van der Waals surface area contributed by atoms with Crippen molar-refractivity contribution in [3.63, 3.8) is 0 Å². The van der Waals surface area contributed by atoms with Gasteiger partial charge in [0, 0.05) is 22.2 Å². The second-order valence-corrected chi connectivity index (χ2v) is 8.89. The maximum absolute atomic E-state index is 11.4. The molecule has 148 valence electrons. The molecule has 29 heavy (non-hydrogen) atoms. The van der Waals surface area contributed by atoms with E-state index < -0.39 is 5.97 Å². The molecule has 1 atom stereocenters. The van der Waals surface area contributed by atoms with Crippen LogP contribution in [0.3, 0.4) is 0 Å². The maximum atomic E-state index is 11.4. The number of rotatable bonds is 6. The number of carboxylic acid groups (broad SMARTS) is 1. The Hall–Kier alpha value is -2.59. The van der Waals surface area contributed by atoms with Gasteiger partial charge in [-0.15, -0.1) is 0 Å². The summed E-state index contributed by atoms with van der Waals surface area (Å²) in [5, 5.41) is 9.40. The minimum Gasteiger partial charge on any atom is -0.478 e. The number of aromatic carboxylic acids is 1. The molecule has 0 spiro atoms. The first-order valence-electron chi connectivity index (χ1n) is 10.1. The van der Waals surface area contributed by atoms with Crippen molar-refractivity contribution in [2.45, 2.75) is 54.7 Å². The number of hydrogen-bond acceptors (Lipinski definition) is 3. The summed E-state index contributed by atoms with van der Waals surface area (Å²) in [6.07, 6.45) is 8.45. The Morgan fingerprint density at radius 2 is 1.93 bits per heavy atom.